The molecular weight excluding hydrogens is 291 g/mol. The summed E-state index contributed by atoms with van der Waals surface area (Å²) in [6.45, 7) is 2.29. The fraction of sp³-hybridized carbons (Fsp3) is 0.364. The molecule has 0 unspecified atom stereocenters. The number of hydrogen-bond donors (Lipinski definition) is 0. The first-order chi connectivity index (χ1) is 6.72. The van der Waals surface area contributed by atoms with Crippen molar-refractivity contribution in [1.29, 1.82) is 0 Å². The van der Waals surface area contributed by atoms with Crippen LogP contribution in [0.2, 0.25) is 0 Å². The molecule has 0 radical (unpaired) electrons. The molecule has 1 rings (SSSR count). The molecule has 0 saturated heterocycles. The van der Waals surface area contributed by atoms with Gasteiger partial charge < -0.3 is 4.74 Å². The zero-order valence-electron chi connectivity index (χ0n) is 8.13. The van der Waals surface area contributed by atoms with E-state index in [1.807, 2.05) is 25.1 Å². The van der Waals surface area contributed by atoms with Gasteiger partial charge in [-0.05, 0) is 53.6 Å². The lowest BCUT2D eigenvalue weighted by atomic mass is 10.1. The molecule has 0 atom stereocenters. The molecule has 0 aromatic heterocycles. The fourth-order valence-corrected chi connectivity index (χ4v) is 1.78. The van der Waals surface area contributed by atoms with Gasteiger partial charge in [0.05, 0.1) is 6.61 Å². The molecule has 0 heterocycles. The van der Waals surface area contributed by atoms with Crippen molar-refractivity contribution in [3.63, 3.8) is 0 Å². The van der Waals surface area contributed by atoms with Crippen LogP contribution in [0.3, 0.4) is 0 Å². The summed E-state index contributed by atoms with van der Waals surface area (Å²) in [5.74, 6) is -0.119. The van der Waals surface area contributed by atoms with Crippen molar-refractivity contribution in [2.24, 2.45) is 0 Å². The first-order valence-corrected chi connectivity index (χ1v) is 5.70. The van der Waals surface area contributed by atoms with Gasteiger partial charge in [0.25, 0.3) is 0 Å². The van der Waals surface area contributed by atoms with Gasteiger partial charge in [0.1, 0.15) is 0 Å². The van der Waals surface area contributed by atoms with E-state index in [4.69, 9.17) is 4.74 Å². The van der Waals surface area contributed by atoms with Crippen LogP contribution >= 0.6 is 22.6 Å². The molecule has 0 spiro atoms. The summed E-state index contributed by atoms with van der Waals surface area (Å²) in [5.41, 5.74) is 1.19. The summed E-state index contributed by atoms with van der Waals surface area (Å²) < 4.78 is 6.05. The quantitative estimate of drug-likeness (QED) is 0.631. The Kier molecular flexibility index (Phi) is 4.93. The molecule has 1 aromatic carbocycles. The fourth-order valence-electron chi connectivity index (χ4n) is 1.17. The van der Waals surface area contributed by atoms with E-state index in [0.717, 1.165) is 6.42 Å². The summed E-state index contributed by atoms with van der Waals surface area (Å²) >= 11 is 2.26. The van der Waals surface area contributed by atoms with Gasteiger partial charge >= 0.3 is 5.97 Å². The second kappa shape index (κ2) is 6.01. The third kappa shape index (κ3) is 4.09. The Balaban J connectivity index is 2.41. The Morgan fingerprint density at radius 1 is 1.50 bits per heavy atom. The minimum Gasteiger partial charge on any atom is -0.466 e. The van der Waals surface area contributed by atoms with E-state index >= 15 is 0 Å². The zero-order chi connectivity index (χ0) is 10.4. The summed E-state index contributed by atoms with van der Waals surface area (Å²) in [7, 11) is 0. The predicted octanol–water partition coefficient (Wildman–Crippen LogP) is 2.79. The van der Waals surface area contributed by atoms with Gasteiger partial charge in [0, 0.05) is 9.99 Å². The maximum Gasteiger partial charge on any atom is 0.306 e. The number of rotatable bonds is 4. The van der Waals surface area contributed by atoms with Crippen LogP contribution in [0.1, 0.15) is 18.9 Å². The van der Waals surface area contributed by atoms with E-state index in [9.17, 15) is 4.79 Å². The van der Waals surface area contributed by atoms with Gasteiger partial charge in [-0.15, -0.1) is 0 Å². The lowest BCUT2D eigenvalue weighted by molar-refractivity contribution is -0.143. The van der Waals surface area contributed by atoms with E-state index in [1.54, 1.807) is 0 Å². The van der Waals surface area contributed by atoms with Gasteiger partial charge in [-0.1, -0.05) is 12.1 Å². The maximum absolute atomic E-state index is 11.1. The van der Waals surface area contributed by atoms with Crippen LogP contribution in [0, 0.1) is 3.57 Å². The normalized spacial score (nSPS) is 9.86. The standard InChI is InChI=1S/C11H13IO2/c1-2-14-11(13)7-6-9-4-3-5-10(12)8-9/h3-5,8H,2,6-7H2,1H3. The topological polar surface area (TPSA) is 26.3 Å². The van der Waals surface area contributed by atoms with Crippen LogP contribution in [0.5, 0.6) is 0 Å². The summed E-state index contributed by atoms with van der Waals surface area (Å²) in [4.78, 5) is 11.1. The molecule has 0 aliphatic carbocycles. The number of hydrogen-bond acceptors (Lipinski definition) is 2. The number of ether oxygens (including phenoxy) is 1. The highest BCUT2D eigenvalue weighted by atomic mass is 127. The highest BCUT2D eigenvalue weighted by molar-refractivity contribution is 14.1. The van der Waals surface area contributed by atoms with Gasteiger partial charge in [-0.2, -0.15) is 0 Å². The van der Waals surface area contributed by atoms with Crippen molar-refractivity contribution in [2.75, 3.05) is 6.61 Å². The highest BCUT2D eigenvalue weighted by Gasteiger charge is 2.02. The molecular formula is C11H13IO2. The molecule has 0 saturated carbocycles. The Morgan fingerprint density at radius 2 is 2.29 bits per heavy atom. The molecule has 0 aliphatic rings. The number of benzene rings is 1. The van der Waals surface area contributed by atoms with E-state index in [-0.39, 0.29) is 5.97 Å². The van der Waals surface area contributed by atoms with Crippen molar-refractivity contribution in [2.45, 2.75) is 19.8 Å². The molecule has 0 bridgehead atoms. The predicted molar refractivity (Wildman–Crippen MR) is 64.1 cm³/mol. The number of halogens is 1. The average molecular weight is 304 g/mol. The Bertz CT molecular complexity index is 310. The van der Waals surface area contributed by atoms with Crippen LogP contribution < -0.4 is 0 Å². The second-order valence-corrected chi connectivity index (χ2v) is 4.18. The minimum atomic E-state index is -0.119. The number of carbonyl (C=O) groups excluding carboxylic acids is 1. The minimum absolute atomic E-state index is 0.119. The molecule has 0 N–H and O–H groups in total. The molecule has 0 fully saturated rings. The van der Waals surface area contributed by atoms with Crippen molar-refractivity contribution in [3.8, 4) is 0 Å². The van der Waals surface area contributed by atoms with Gasteiger partial charge in [0.2, 0.25) is 0 Å². The Labute approximate surface area is 97.8 Å². The highest BCUT2D eigenvalue weighted by Crippen LogP contribution is 2.09. The van der Waals surface area contributed by atoms with Crippen molar-refractivity contribution in [1.82, 2.24) is 0 Å². The number of carbonyl (C=O) groups is 1. The maximum atomic E-state index is 11.1. The van der Waals surface area contributed by atoms with Crippen molar-refractivity contribution >= 4 is 28.6 Å². The van der Waals surface area contributed by atoms with Crippen LogP contribution in [0.25, 0.3) is 0 Å². The van der Waals surface area contributed by atoms with E-state index in [2.05, 4.69) is 28.7 Å². The van der Waals surface area contributed by atoms with Crippen LogP contribution in [0.4, 0.5) is 0 Å². The van der Waals surface area contributed by atoms with Crippen LogP contribution in [-0.4, -0.2) is 12.6 Å². The molecule has 2 nitrogen and oxygen atoms in total. The molecule has 14 heavy (non-hydrogen) atoms. The van der Waals surface area contributed by atoms with Crippen LogP contribution in [0.15, 0.2) is 24.3 Å². The molecule has 1 aromatic rings. The van der Waals surface area contributed by atoms with Gasteiger partial charge in [0.15, 0.2) is 0 Å². The monoisotopic (exact) mass is 304 g/mol. The van der Waals surface area contributed by atoms with Gasteiger partial charge in [-0.3, -0.25) is 4.79 Å². The summed E-state index contributed by atoms with van der Waals surface area (Å²) in [6, 6.07) is 8.15. The van der Waals surface area contributed by atoms with Gasteiger partial charge in [-0.25, -0.2) is 0 Å². The molecule has 3 heteroatoms. The Hall–Kier alpha value is -0.580. The smallest absolute Gasteiger partial charge is 0.306 e. The van der Waals surface area contributed by atoms with E-state index in [0.29, 0.717) is 13.0 Å². The average Bonchev–Trinajstić information content (AvgIpc) is 2.15. The third-order valence-corrected chi connectivity index (χ3v) is 2.48. The molecule has 76 valence electrons. The SMILES string of the molecule is CCOC(=O)CCc1cccc(I)c1. The first kappa shape index (κ1) is 11.5. The zero-order valence-corrected chi connectivity index (χ0v) is 10.3. The third-order valence-electron chi connectivity index (χ3n) is 1.81. The lowest BCUT2D eigenvalue weighted by Gasteiger charge is -2.02. The van der Waals surface area contributed by atoms with E-state index < -0.39 is 0 Å². The molecule has 0 aliphatic heterocycles. The summed E-state index contributed by atoms with van der Waals surface area (Å²) in [5, 5.41) is 0. The number of aryl methyl sites for hydroxylation is 1. The lowest BCUT2D eigenvalue weighted by Crippen LogP contribution is -2.05. The second-order valence-electron chi connectivity index (χ2n) is 2.93. The summed E-state index contributed by atoms with van der Waals surface area (Å²) in [6.07, 6.45) is 1.23. The van der Waals surface area contributed by atoms with Crippen molar-refractivity contribution < 1.29 is 9.53 Å². The van der Waals surface area contributed by atoms with E-state index in [1.165, 1.54) is 9.13 Å². The number of esters is 1. The van der Waals surface area contributed by atoms with Crippen molar-refractivity contribution in [3.05, 3.63) is 33.4 Å². The largest absolute Gasteiger partial charge is 0.466 e. The molecule has 0 amide bonds. The van der Waals surface area contributed by atoms with Crippen LogP contribution in [-0.2, 0) is 16.0 Å². The first-order valence-electron chi connectivity index (χ1n) is 4.62. The Morgan fingerprint density at radius 3 is 2.93 bits per heavy atom.